The number of hydrogen-bond donors (Lipinski definition) is 4. The summed E-state index contributed by atoms with van der Waals surface area (Å²) in [6.45, 7) is 0.467. The van der Waals surface area contributed by atoms with Crippen LogP contribution in [0.3, 0.4) is 0 Å². The molecule has 2 aromatic rings. The van der Waals surface area contributed by atoms with E-state index in [0.29, 0.717) is 25.1 Å². The minimum absolute atomic E-state index is 0.0174. The Hall–Kier alpha value is -1.67. The highest BCUT2D eigenvalue weighted by atomic mass is 32.1. The lowest BCUT2D eigenvalue weighted by Crippen LogP contribution is -2.43. The number of rotatable bonds is 10. The van der Waals surface area contributed by atoms with Crippen molar-refractivity contribution in [2.45, 2.75) is 56.5 Å². The van der Waals surface area contributed by atoms with Crippen LogP contribution in [-0.4, -0.2) is 87.1 Å². The van der Waals surface area contributed by atoms with Crippen molar-refractivity contribution in [1.29, 1.82) is 0 Å². The predicted octanol–water partition coefficient (Wildman–Crippen LogP) is 2.01. The van der Waals surface area contributed by atoms with E-state index < -0.39 is 48.0 Å². The first-order valence-electron chi connectivity index (χ1n) is 10.9. The summed E-state index contributed by atoms with van der Waals surface area (Å²) in [5.41, 5.74) is 0.256. The number of benzene rings is 1. The molecule has 1 aromatic heterocycles. The molecule has 3 rings (SSSR count). The monoisotopic (exact) mass is 508 g/mol. The highest BCUT2D eigenvalue weighted by Crippen LogP contribution is 2.29. The van der Waals surface area contributed by atoms with Crippen molar-refractivity contribution in [2.75, 3.05) is 26.2 Å². The maximum atomic E-state index is 14.1. The maximum absolute atomic E-state index is 14.1. The van der Waals surface area contributed by atoms with Gasteiger partial charge < -0.3 is 25.2 Å². The SMILES string of the molecule is O[C@H]1[C@H](O)[C@@H](O)CN(CCCCC(F)COCc2csc(-c3ccc(F)c(F)c3F)n2)C[C@@H]1O. The second-order valence-corrected chi connectivity index (χ2v) is 9.21. The molecular weight excluding hydrogens is 480 g/mol. The second-order valence-electron chi connectivity index (χ2n) is 8.35. The molecule has 4 N–H and O–H groups in total. The fourth-order valence-corrected chi connectivity index (χ4v) is 4.54. The van der Waals surface area contributed by atoms with Gasteiger partial charge in [-0.25, -0.2) is 22.5 Å². The number of likely N-dealkylation sites (tertiary alicyclic amines) is 1. The summed E-state index contributed by atoms with van der Waals surface area (Å²) in [5.74, 6) is -4.17. The summed E-state index contributed by atoms with van der Waals surface area (Å²) < 4.78 is 59.8. The van der Waals surface area contributed by atoms with Crippen molar-refractivity contribution in [3.8, 4) is 10.6 Å². The molecule has 34 heavy (non-hydrogen) atoms. The minimum atomic E-state index is -1.57. The number of hydrogen-bond acceptors (Lipinski definition) is 8. The molecule has 0 saturated carbocycles. The first kappa shape index (κ1) is 26.9. The van der Waals surface area contributed by atoms with E-state index in [1.807, 2.05) is 0 Å². The third-order valence-corrected chi connectivity index (χ3v) is 6.56. The number of unbranched alkanes of at least 4 members (excludes halogenated alkanes) is 1. The fourth-order valence-electron chi connectivity index (χ4n) is 3.72. The number of aliphatic hydroxyl groups excluding tert-OH is 4. The Balaban J connectivity index is 1.36. The van der Waals surface area contributed by atoms with Gasteiger partial charge in [0.1, 0.15) is 23.4 Å². The highest BCUT2D eigenvalue weighted by Gasteiger charge is 2.35. The minimum Gasteiger partial charge on any atom is -0.389 e. The van der Waals surface area contributed by atoms with E-state index in [2.05, 4.69) is 4.98 Å². The molecule has 0 bridgehead atoms. The number of aromatic nitrogens is 1. The molecule has 0 aliphatic carbocycles. The van der Waals surface area contributed by atoms with E-state index >= 15 is 0 Å². The average Bonchev–Trinajstić information content (AvgIpc) is 3.24. The van der Waals surface area contributed by atoms with Crippen LogP contribution >= 0.6 is 11.3 Å². The number of ether oxygens (including phenoxy) is 1. The third kappa shape index (κ3) is 6.94. The molecular formula is C22H28F4N2O5S. The van der Waals surface area contributed by atoms with Gasteiger partial charge in [-0.05, 0) is 37.9 Å². The zero-order valence-electron chi connectivity index (χ0n) is 18.3. The molecule has 1 aliphatic rings. The Kier molecular flexibility index (Phi) is 9.77. The predicted molar refractivity (Wildman–Crippen MR) is 116 cm³/mol. The lowest BCUT2D eigenvalue weighted by Gasteiger charge is -2.23. The Labute approximate surface area is 198 Å². The molecule has 0 spiro atoms. The van der Waals surface area contributed by atoms with Gasteiger partial charge in [-0.3, -0.25) is 4.90 Å². The quantitative estimate of drug-likeness (QED) is 0.221. The summed E-state index contributed by atoms with van der Waals surface area (Å²) in [4.78, 5) is 5.84. The van der Waals surface area contributed by atoms with Crippen LogP contribution in [-0.2, 0) is 11.3 Å². The van der Waals surface area contributed by atoms with Crippen molar-refractivity contribution < 1.29 is 42.7 Å². The number of thiazole rings is 1. The Morgan fingerprint density at radius 3 is 2.38 bits per heavy atom. The van der Waals surface area contributed by atoms with Crippen LogP contribution in [0.4, 0.5) is 17.6 Å². The smallest absolute Gasteiger partial charge is 0.195 e. The first-order valence-corrected chi connectivity index (χ1v) is 11.8. The largest absolute Gasteiger partial charge is 0.389 e. The van der Waals surface area contributed by atoms with Gasteiger partial charge in [0, 0.05) is 24.0 Å². The number of halogens is 4. The lowest BCUT2D eigenvalue weighted by atomic mass is 10.1. The van der Waals surface area contributed by atoms with Crippen LogP contribution in [0.5, 0.6) is 0 Å². The summed E-state index contributed by atoms with van der Waals surface area (Å²) in [7, 11) is 0. The Bertz CT molecular complexity index is 921. The van der Waals surface area contributed by atoms with E-state index in [-0.39, 0.29) is 43.3 Å². The molecule has 12 heteroatoms. The summed E-state index contributed by atoms with van der Waals surface area (Å²) in [6.07, 6.45) is -5.10. The van der Waals surface area contributed by atoms with Crippen molar-refractivity contribution in [3.05, 3.63) is 40.7 Å². The van der Waals surface area contributed by atoms with E-state index in [1.54, 1.807) is 10.3 Å². The van der Waals surface area contributed by atoms with Crippen molar-refractivity contribution in [1.82, 2.24) is 9.88 Å². The van der Waals surface area contributed by atoms with Crippen LogP contribution in [0.1, 0.15) is 25.0 Å². The molecule has 2 heterocycles. The standard InChI is InChI=1S/C22H28F4N2O5S/c23-12(3-1-2-6-28-7-16(29)20(31)21(32)17(30)8-28)9-33-10-13-11-34-22(27-13)14-4-5-15(24)19(26)18(14)25/h4-5,11-12,16-17,20-21,29-32H,1-3,6-10H2/t12?,16-,17-,20+,21+/m0/s1. The van der Waals surface area contributed by atoms with Crippen molar-refractivity contribution >= 4 is 11.3 Å². The van der Waals surface area contributed by atoms with Crippen LogP contribution in [0.2, 0.25) is 0 Å². The molecule has 0 amide bonds. The van der Waals surface area contributed by atoms with Gasteiger partial charge in [0.15, 0.2) is 17.5 Å². The Morgan fingerprint density at radius 2 is 1.71 bits per heavy atom. The Morgan fingerprint density at radius 1 is 1.03 bits per heavy atom. The van der Waals surface area contributed by atoms with Gasteiger partial charge in [0.05, 0.1) is 31.1 Å². The third-order valence-electron chi connectivity index (χ3n) is 5.64. The lowest BCUT2D eigenvalue weighted by molar-refractivity contribution is -0.0894. The van der Waals surface area contributed by atoms with Crippen LogP contribution < -0.4 is 0 Å². The second kappa shape index (κ2) is 12.3. The number of nitrogens with zero attached hydrogens (tertiary/aromatic N) is 2. The molecule has 7 nitrogen and oxygen atoms in total. The van der Waals surface area contributed by atoms with Crippen LogP contribution in [0, 0.1) is 17.5 Å². The first-order chi connectivity index (χ1) is 16.2. The van der Waals surface area contributed by atoms with E-state index in [9.17, 15) is 38.0 Å². The summed E-state index contributed by atoms with van der Waals surface area (Å²) in [5, 5.41) is 40.9. The number of β-amino-alcohol motifs (C(OH)–C–C–N with tert-alkyl or cyclic N) is 2. The van der Waals surface area contributed by atoms with Crippen LogP contribution in [0.15, 0.2) is 17.5 Å². The average molecular weight is 509 g/mol. The molecule has 1 aromatic carbocycles. The molecule has 5 atom stereocenters. The zero-order valence-corrected chi connectivity index (χ0v) is 19.1. The van der Waals surface area contributed by atoms with Gasteiger partial charge in [0.25, 0.3) is 0 Å². The molecule has 1 aliphatic heterocycles. The van der Waals surface area contributed by atoms with E-state index in [0.717, 1.165) is 23.5 Å². The van der Waals surface area contributed by atoms with Crippen molar-refractivity contribution in [3.63, 3.8) is 0 Å². The van der Waals surface area contributed by atoms with Crippen LogP contribution in [0.25, 0.3) is 10.6 Å². The summed E-state index contributed by atoms with van der Waals surface area (Å²) >= 11 is 1.04. The fraction of sp³-hybridized carbons (Fsp3) is 0.591. The molecule has 1 fully saturated rings. The van der Waals surface area contributed by atoms with Gasteiger partial charge in [-0.1, -0.05) is 0 Å². The molecule has 0 radical (unpaired) electrons. The maximum Gasteiger partial charge on any atom is 0.195 e. The number of aliphatic hydroxyl groups is 4. The van der Waals surface area contributed by atoms with Gasteiger partial charge in [-0.15, -0.1) is 11.3 Å². The normalized spacial score (nSPS) is 24.8. The topological polar surface area (TPSA) is 106 Å². The van der Waals surface area contributed by atoms with Gasteiger partial charge in [-0.2, -0.15) is 0 Å². The van der Waals surface area contributed by atoms with Gasteiger partial charge >= 0.3 is 0 Å². The van der Waals surface area contributed by atoms with Gasteiger partial charge in [0.2, 0.25) is 0 Å². The molecule has 190 valence electrons. The van der Waals surface area contributed by atoms with E-state index in [1.165, 1.54) is 0 Å². The highest BCUT2D eigenvalue weighted by molar-refractivity contribution is 7.13. The zero-order chi connectivity index (χ0) is 24.8. The van der Waals surface area contributed by atoms with Crippen molar-refractivity contribution in [2.24, 2.45) is 0 Å². The summed E-state index contributed by atoms with van der Waals surface area (Å²) in [6, 6.07) is 1.93. The number of alkyl halides is 1. The van der Waals surface area contributed by atoms with E-state index in [4.69, 9.17) is 4.74 Å². The molecule has 1 saturated heterocycles. The molecule has 1 unspecified atom stereocenters.